The first-order valence-corrected chi connectivity index (χ1v) is 10.4. The molecule has 8 nitrogen and oxygen atoms in total. The summed E-state index contributed by atoms with van der Waals surface area (Å²) in [4.78, 5) is 23.5. The topological polar surface area (TPSA) is 89.5 Å². The van der Waals surface area contributed by atoms with Crippen molar-refractivity contribution in [2.45, 2.75) is 37.6 Å². The van der Waals surface area contributed by atoms with Gasteiger partial charge >= 0.3 is 18.1 Å². The van der Waals surface area contributed by atoms with Crippen LogP contribution in [0.4, 0.5) is 0 Å². The quantitative estimate of drug-likeness (QED) is 0.516. The van der Waals surface area contributed by atoms with Crippen LogP contribution in [0.15, 0.2) is 60.7 Å². The molecule has 0 N–H and O–H groups in total. The average molecular weight is 442 g/mol. The van der Waals surface area contributed by atoms with Crippen LogP contribution in [-0.2, 0) is 43.4 Å². The summed E-state index contributed by atoms with van der Waals surface area (Å²) in [5, 5.41) is 0. The maximum atomic E-state index is 11.8. The summed E-state index contributed by atoms with van der Waals surface area (Å²) in [5.74, 6) is -1.14. The van der Waals surface area contributed by atoms with Gasteiger partial charge in [-0.15, -0.1) is 0 Å². The second-order valence-corrected chi connectivity index (χ2v) is 7.88. The molecule has 32 heavy (non-hydrogen) atoms. The number of carbonyl (C=O) groups excluding carboxylic acids is 2. The Kier molecular flexibility index (Phi) is 6.57. The van der Waals surface area contributed by atoms with Gasteiger partial charge in [0.2, 0.25) is 0 Å². The van der Waals surface area contributed by atoms with E-state index in [1.54, 1.807) is 0 Å². The molecular weight excluding hydrogens is 416 g/mol. The molecule has 170 valence electrons. The van der Waals surface area contributed by atoms with Crippen molar-refractivity contribution in [3.63, 3.8) is 0 Å². The van der Waals surface area contributed by atoms with E-state index in [-0.39, 0.29) is 19.1 Å². The molecule has 2 fully saturated rings. The van der Waals surface area contributed by atoms with Crippen molar-refractivity contribution in [3.8, 4) is 0 Å². The van der Waals surface area contributed by atoms with Gasteiger partial charge in [0.25, 0.3) is 6.29 Å². The molecule has 2 aromatic carbocycles. The van der Waals surface area contributed by atoms with Crippen LogP contribution in [0.1, 0.15) is 30.9 Å². The van der Waals surface area contributed by atoms with Gasteiger partial charge in [-0.2, -0.15) is 0 Å². The van der Waals surface area contributed by atoms with E-state index < -0.39 is 29.8 Å². The van der Waals surface area contributed by atoms with Crippen molar-refractivity contribution in [2.75, 3.05) is 26.4 Å². The highest BCUT2D eigenvalue weighted by atomic mass is 17.0. The minimum absolute atomic E-state index is 0.0295. The normalized spacial score (nSPS) is 27.8. The second-order valence-electron chi connectivity index (χ2n) is 7.88. The van der Waals surface area contributed by atoms with Crippen molar-refractivity contribution in [1.29, 1.82) is 0 Å². The zero-order valence-electron chi connectivity index (χ0n) is 18.0. The molecule has 4 rings (SSSR count). The molecule has 2 aliphatic rings. The zero-order valence-corrected chi connectivity index (χ0v) is 18.0. The lowest BCUT2D eigenvalue weighted by Crippen LogP contribution is -2.61. The van der Waals surface area contributed by atoms with E-state index in [4.69, 9.17) is 28.4 Å². The van der Waals surface area contributed by atoms with E-state index >= 15 is 0 Å². The molecule has 0 bridgehead atoms. The first-order chi connectivity index (χ1) is 15.4. The summed E-state index contributed by atoms with van der Waals surface area (Å²) >= 11 is 0. The molecule has 0 atom stereocenters. The molecule has 8 heteroatoms. The van der Waals surface area contributed by atoms with Crippen LogP contribution < -0.4 is 0 Å². The number of esters is 2. The molecule has 0 saturated carbocycles. The number of hydrogen-bond donors (Lipinski definition) is 0. The fourth-order valence-electron chi connectivity index (χ4n) is 3.86. The Bertz CT molecular complexity index is 896. The van der Waals surface area contributed by atoms with Crippen LogP contribution in [0, 0.1) is 0 Å². The van der Waals surface area contributed by atoms with Gasteiger partial charge in [0, 0.05) is 19.8 Å². The monoisotopic (exact) mass is 442 g/mol. The molecule has 1 spiro atoms. The van der Waals surface area contributed by atoms with E-state index in [2.05, 4.69) is 0 Å². The third-order valence-electron chi connectivity index (χ3n) is 5.55. The van der Waals surface area contributed by atoms with Gasteiger partial charge in [0.05, 0.1) is 26.4 Å². The molecule has 0 aliphatic carbocycles. The van der Waals surface area contributed by atoms with Crippen molar-refractivity contribution in [3.05, 3.63) is 71.8 Å². The first-order valence-electron chi connectivity index (χ1n) is 10.4. The minimum atomic E-state index is -1.67. The van der Waals surface area contributed by atoms with Crippen molar-refractivity contribution < 1.29 is 38.0 Å². The third-order valence-corrected chi connectivity index (χ3v) is 5.55. The average Bonchev–Trinajstić information content (AvgIpc) is 2.80. The Hall–Kier alpha value is -2.78. The molecule has 2 saturated heterocycles. The van der Waals surface area contributed by atoms with Crippen LogP contribution in [-0.4, -0.2) is 50.8 Å². The largest absolute Gasteiger partial charge is 0.424 e. The van der Waals surface area contributed by atoms with E-state index in [0.717, 1.165) is 11.1 Å². The molecule has 0 radical (unpaired) electrons. The summed E-state index contributed by atoms with van der Waals surface area (Å²) in [6, 6.07) is 19.1. The van der Waals surface area contributed by atoms with Crippen LogP contribution in [0.2, 0.25) is 0 Å². The van der Waals surface area contributed by atoms with Gasteiger partial charge in [-0.25, -0.2) is 0 Å². The molecule has 2 aromatic rings. The number of benzene rings is 2. The molecular formula is C24H26O8. The number of rotatable bonds is 5. The van der Waals surface area contributed by atoms with E-state index in [1.807, 2.05) is 60.7 Å². The fraction of sp³-hybridized carbons (Fsp3) is 0.417. The summed E-state index contributed by atoms with van der Waals surface area (Å²) in [7, 11) is 0. The van der Waals surface area contributed by atoms with Crippen LogP contribution in [0.25, 0.3) is 0 Å². The van der Waals surface area contributed by atoms with Crippen LogP contribution >= 0.6 is 0 Å². The smallest absolute Gasteiger partial charge is 0.412 e. The Labute approximate surface area is 186 Å². The highest BCUT2D eigenvalue weighted by molar-refractivity contribution is 5.68. The van der Waals surface area contributed by atoms with Crippen molar-refractivity contribution in [1.82, 2.24) is 0 Å². The Morgan fingerprint density at radius 1 is 0.812 bits per heavy atom. The Morgan fingerprint density at radius 3 is 1.81 bits per heavy atom. The Balaban J connectivity index is 1.54. The predicted molar refractivity (Wildman–Crippen MR) is 111 cm³/mol. The van der Waals surface area contributed by atoms with Gasteiger partial charge in [0.15, 0.2) is 0 Å². The molecule has 0 unspecified atom stereocenters. The molecule has 0 aromatic heterocycles. The standard InChI is InChI=1S/C24H26O8/c1-17(25)31-22(32-18(2)26)23(21-11-7-4-8-12-21)15-29-24(30-16-23)27-13-20(14-28-24)19-9-5-3-6-10-19/h3-12,20,22H,13-16H2,1-2H3. The number of carbonyl (C=O) groups is 2. The summed E-state index contributed by atoms with van der Waals surface area (Å²) in [6.07, 6.45) is -2.92. The number of ether oxygens (including phenoxy) is 6. The highest BCUT2D eigenvalue weighted by Crippen LogP contribution is 2.41. The predicted octanol–water partition coefficient (Wildman–Crippen LogP) is 2.87. The van der Waals surface area contributed by atoms with Gasteiger partial charge in [-0.3, -0.25) is 9.59 Å². The van der Waals surface area contributed by atoms with Gasteiger partial charge in [0.1, 0.15) is 5.41 Å². The van der Waals surface area contributed by atoms with Crippen molar-refractivity contribution >= 4 is 11.9 Å². The van der Waals surface area contributed by atoms with Crippen LogP contribution in [0.5, 0.6) is 0 Å². The van der Waals surface area contributed by atoms with Gasteiger partial charge < -0.3 is 28.4 Å². The molecule has 2 aliphatic heterocycles. The molecule has 2 heterocycles. The van der Waals surface area contributed by atoms with Crippen molar-refractivity contribution in [2.24, 2.45) is 0 Å². The third kappa shape index (κ3) is 4.68. The molecule has 0 amide bonds. The first kappa shape index (κ1) is 22.4. The summed E-state index contributed by atoms with van der Waals surface area (Å²) < 4.78 is 34.4. The number of hydrogen-bond acceptors (Lipinski definition) is 8. The lowest BCUT2D eigenvalue weighted by atomic mass is 9.80. The van der Waals surface area contributed by atoms with E-state index in [1.165, 1.54) is 13.8 Å². The van der Waals surface area contributed by atoms with E-state index in [9.17, 15) is 9.59 Å². The van der Waals surface area contributed by atoms with Gasteiger partial charge in [-0.05, 0) is 11.1 Å². The maximum absolute atomic E-state index is 11.8. The zero-order chi connectivity index (χ0) is 22.6. The summed E-state index contributed by atoms with van der Waals surface area (Å²) in [5.41, 5.74) is 0.717. The Morgan fingerprint density at radius 2 is 1.31 bits per heavy atom. The summed E-state index contributed by atoms with van der Waals surface area (Å²) in [6.45, 7) is 3.13. The van der Waals surface area contributed by atoms with Gasteiger partial charge in [-0.1, -0.05) is 60.7 Å². The SMILES string of the molecule is CC(=O)OC(OC(C)=O)C1(c2ccccc2)COC2(OCC(c3ccccc3)CO2)OC1. The lowest BCUT2D eigenvalue weighted by molar-refractivity contribution is -0.537. The fourth-order valence-corrected chi connectivity index (χ4v) is 3.86. The second kappa shape index (κ2) is 9.38. The maximum Gasteiger partial charge on any atom is 0.412 e. The highest BCUT2D eigenvalue weighted by Gasteiger charge is 2.56. The minimum Gasteiger partial charge on any atom is -0.424 e. The lowest BCUT2D eigenvalue weighted by Gasteiger charge is -2.48. The van der Waals surface area contributed by atoms with E-state index in [0.29, 0.717) is 13.2 Å². The van der Waals surface area contributed by atoms with Crippen LogP contribution in [0.3, 0.4) is 0 Å².